The maximum Gasteiger partial charge on any atom is 0.407 e. The summed E-state index contributed by atoms with van der Waals surface area (Å²) in [5, 5.41) is 28.8. The molecular weight excluding hydrogens is 262 g/mol. The zero-order chi connectivity index (χ0) is 15.3. The van der Waals surface area contributed by atoms with Crippen molar-refractivity contribution in [2.45, 2.75) is 51.9 Å². The van der Waals surface area contributed by atoms with Gasteiger partial charge in [-0.25, -0.2) is 4.79 Å². The van der Waals surface area contributed by atoms with Crippen molar-refractivity contribution in [3.63, 3.8) is 0 Å². The highest BCUT2D eigenvalue weighted by molar-refractivity contribution is 5.67. The highest BCUT2D eigenvalue weighted by Gasteiger charge is 2.22. The molecule has 1 heterocycles. The number of carbonyl (C=O) groups is 1. The first kappa shape index (κ1) is 16.5. The van der Waals surface area contributed by atoms with Crippen LogP contribution in [-0.4, -0.2) is 44.8 Å². The number of H-pyrrole nitrogens is 1. The number of aryl methyl sites for hydroxylation is 1. The fourth-order valence-electron chi connectivity index (χ4n) is 1.66. The predicted octanol–water partition coefficient (Wildman–Crippen LogP) is 1.03. The normalized spacial score (nSPS) is 14.7. The summed E-state index contributed by atoms with van der Waals surface area (Å²) in [6.07, 6.45) is -0.871. The van der Waals surface area contributed by atoms with Crippen molar-refractivity contribution < 1.29 is 19.7 Å². The molecule has 0 bridgehead atoms. The predicted molar refractivity (Wildman–Crippen MR) is 73.1 cm³/mol. The Kier molecular flexibility index (Phi) is 5.52. The SMILES string of the molecule is Cc1[nH]ncc1C(O)C(O)CCNC(=O)OC(C)(C)C. The van der Waals surface area contributed by atoms with Gasteiger partial charge >= 0.3 is 6.09 Å². The highest BCUT2D eigenvalue weighted by atomic mass is 16.6. The van der Waals surface area contributed by atoms with Crippen molar-refractivity contribution in [1.29, 1.82) is 0 Å². The fraction of sp³-hybridized carbons (Fsp3) is 0.692. The van der Waals surface area contributed by atoms with E-state index in [0.29, 0.717) is 11.3 Å². The quantitative estimate of drug-likeness (QED) is 0.646. The van der Waals surface area contributed by atoms with E-state index < -0.39 is 23.9 Å². The summed E-state index contributed by atoms with van der Waals surface area (Å²) >= 11 is 0. The number of aliphatic hydroxyl groups excluding tert-OH is 2. The Morgan fingerprint density at radius 2 is 2.15 bits per heavy atom. The number of nitrogens with zero attached hydrogens (tertiary/aromatic N) is 1. The number of aromatic amines is 1. The van der Waals surface area contributed by atoms with E-state index >= 15 is 0 Å². The van der Waals surface area contributed by atoms with Crippen LogP contribution in [0.4, 0.5) is 4.79 Å². The first-order valence-corrected chi connectivity index (χ1v) is 6.53. The highest BCUT2D eigenvalue weighted by Crippen LogP contribution is 2.20. The molecule has 0 fully saturated rings. The standard InChI is InChI=1S/C13H23N3O4/c1-8-9(7-15-16-8)11(18)10(17)5-6-14-12(19)20-13(2,3)4/h7,10-11,17-18H,5-6H2,1-4H3,(H,14,19)(H,15,16). The molecule has 0 radical (unpaired) electrons. The first-order valence-electron chi connectivity index (χ1n) is 6.53. The van der Waals surface area contributed by atoms with Gasteiger partial charge in [0.2, 0.25) is 0 Å². The smallest absolute Gasteiger partial charge is 0.407 e. The molecule has 0 aliphatic carbocycles. The summed E-state index contributed by atoms with van der Waals surface area (Å²) in [5.74, 6) is 0. The Balaban J connectivity index is 2.35. The van der Waals surface area contributed by atoms with E-state index in [9.17, 15) is 15.0 Å². The van der Waals surface area contributed by atoms with Crippen LogP contribution in [-0.2, 0) is 4.74 Å². The van der Waals surface area contributed by atoms with Gasteiger partial charge in [-0.2, -0.15) is 5.10 Å². The van der Waals surface area contributed by atoms with Crippen LogP contribution >= 0.6 is 0 Å². The number of aromatic nitrogens is 2. The van der Waals surface area contributed by atoms with Gasteiger partial charge in [0.15, 0.2) is 0 Å². The third kappa shape index (κ3) is 5.18. The lowest BCUT2D eigenvalue weighted by Gasteiger charge is -2.21. The largest absolute Gasteiger partial charge is 0.444 e. The van der Waals surface area contributed by atoms with Crippen LogP contribution in [0, 0.1) is 6.92 Å². The molecule has 0 aliphatic rings. The monoisotopic (exact) mass is 285 g/mol. The van der Waals surface area contributed by atoms with Crippen molar-refractivity contribution >= 4 is 6.09 Å². The number of carbonyl (C=O) groups excluding carboxylic acids is 1. The number of hydrogen-bond donors (Lipinski definition) is 4. The summed E-state index contributed by atoms with van der Waals surface area (Å²) < 4.78 is 5.06. The topological polar surface area (TPSA) is 107 Å². The van der Waals surface area contributed by atoms with Gasteiger partial charge in [0.1, 0.15) is 11.7 Å². The molecule has 2 atom stereocenters. The number of ether oxygens (including phenoxy) is 1. The van der Waals surface area contributed by atoms with E-state index in [1.165, 1.54) is 6.20 Å². The van der Waals surface area contributed by atoms with Crippen LogP contribution in [0.3, 0.4) is 0 Å². The minimum Gasteiger partial charge on any atom is -0.444 e. The van der Waals surface area contributed by atoms with Crippen LogP contribution < -0.4 is 5.32 Å². The van der Waals surface area contributed by atoms with Gasteiger partial charge in [-0.3, -0.25) is 5.10 Å². The van der Waals surface area contributed by atoms with E-state index in [-0.39, 0.29) is 13.0 Å². The molecular formula is C13H23N3O4. The lowest BCUT2D eigenvalue weighted by Crippen LogP contribution is -2.34. The Morgan fingerprint density at radius 3 is 2.65 bits per heavy atom. The molecule has 0 spiro atoms. The first-order chi connectivity index (χ1) is 9.20. The lowest BCUT2D eigenvalue weighted by atomic mass is 10.0. The molecule has 7 nitrogen and oxygen atoms in total. The van der Waals surface area contributed by atoms with E-state index in [4.69, 9.17) is 4.74 Å². The summed E-state index contributed by atoms with van der Waals surface area (Å²) in [6.45, 7) is 7.29. The van der Waals surface area contributed by atoms with E-state index in [0.717, 1.165) is 0 Å². The molecule has 1 aromatic rings. The van der Waals surface area contributed by atoms with Crippen molar-refractivity contribution in [2.75, 3.05) is 6.54 Å². The van der Waals surface area contributed by atoms with Crippen LogP contribution in [0.1, 0.15) is 44.6 Å². The third-order valence-electron chi connectivity index (χ3n) is 2.66. The molecule has 2 unspecified atom stereocenters. The summed E-state index contributed by atoms with van der Waals surface area (Å²) in [5.41, 5.74) is 0.697. The summed E-state index contributed by atoms with van der Waals surface area (Å²) in [4.78, 5) is 11.4. The lowest BCUT2D eigenvalue weighted by molar-refractivity contribution is 0.0120. The Morgan fingerprint density at radius 1 is 1.50 bits per heavy atom. The second-order valence-electron chi connectivity index (χ2n) is 5.68. The average Bonchev–Trinajstić information content (AvgIpc) is 2.71. The van der Waals surface area contributed by atoms with Crippen molar-refractivity contribution in [3.8, 4) is 0 Å². The van der Waals surface area contributed by atoms with Gasteiger partial charge in [0.25, 0.3) is 0 Å². The van der Waals surface area contributed by atoms with Gasteiger partial charge in [-0.05, 0) is 34.1 Å². The van der Waals surface area contributed by atoms with E-state index in [2.05, 4.69) is 15.5 Å². The molecule has 1 aromatic heterocycles. The van der Waals surface area contributed by atoms with Gasteiger partial charge in [0.05, 0.1) is 12.3 Å². The maximum atomic E-state index is 11.4. The Labute approximate surface area is 118 Å². The van der Waals surface area contributed by atoms with E-state index in [1.54, 1.807) is 27.7 Å². The summed E-state index contributed by atoms with van der Waals surface area (Å²) in [7, 11) is 0. The molecule has 20 heavy (non-hydrogen) atoms. The molecule has 7 heteroatoms. The molecule has 0 aliphatic heterocycles. The van der Waals surface area contributed by atoms with Gasteiger partial charge in [-0.15, -0.1) is 0 Å². The molecule has 4 N–H and O–H groups in total. The second-order valence-corrected chi connectivity index (χ2v) is 5.68. The second kappa shape index (κ2) is 6.71. The fourth-order valence-corrected chi connectivity index (χ4v) is 1.66. The molecule has 114 valence electrons. The van der Waals surface area contributed by atoms with Crippen molar-refractivity contribution in [3.05, 3.63) is 17.5 Å². The number of alkyl carbamates (subject to hydrolysis) is 1. The summed E-state index contributed by atoms with van der Waals surface area (Å²) in [6, 6.07) is 0. The van der Waals surface area contributed by atoms with Gasteiger partial charge in [-0.1, -0.05) is 0 Å². The number of aliphatic hydroxyl groups is 2. The number of amides is 1. The zero-order valence-corrected chi connectivity index (χ0v) is 12.3. The molecule has 0 aromatic carbocycles. The Bertz CT molecular complexity index is 439. The molecule has 1 rings (SSSR count). The average molecular weight is 285 g/mol. The maximum absolute atomic E-state index is 11.4. The minimum absolute atomic E-state index is 0.212. The van der Waals surface area contributed by atoms with E-state index in [1.807, 2.05) is 0 Å². The van der Waals surface area contributed by atoms with Crippen LogP contribution in [0.5, 0.6) is 0 Å². The van der Waals surface area contributed by atoms with Crippen LogP contribution in [0.25, 0.3) is 0 Å². The number of hydrogen-bond acceptors (Lipinski definition) is 5. The van der Waals surface area contributed by atoms with Gasteiger partial charge < -0.3 is 20.3 Å². The minimum atomic E-state index is -1.03. The molecule has 0 saturated carbocycles. The number of nitrogens with one attached hydrogen (secondary N) is 2. The van der Waals surface area contributed by atoms with Crippen LogP contribution in [0.2, 0.25) is 0 Å². The van der Waals surface area contributed by atoms with Crippen molar-refractivity contribution in [2.24, 2.45) is 0 Å². The third-order valence-corrected chi connectivity index (χ3v) is 2.66. The number of rotatable bonds is 5. The van der Waals surface area contributed by atoms with Crippen molar-refractivity contribution in [1.82, 2.24) is 15.5 Å². The van der Waals surface area contributed by atoms with Crippen LogP contribution in [0.15, 0.2) is 6.20 Å². The van der Waals surface area contributed by atoms with Gasteiger partial charge in [0, 0.05) is 17.8 Å². The molecule has 1 amide bonds. The Hall–Kier alpha value is -1.60. The molecule has 0 saturated heterocycles. The zero-order valence-electron chi connectivity index (χ0n) is 12.3.